The van der Waals surface area contributed by atoms with Crippen LogP contribution in [0.15, 0.2) is 12.2 Å². The molecule has 3 aliphatic carbocycles. The fourth-order valence-corrected chi connectivity index (χ4v) is 3.84. The van der Waals surface area contributed by atoms with Crippen molar-refractivity contribution in [1.29, 1.82) is 0 Å². The molecule has 0 saturated heterocycles. The first kappa shape index (κ1) is 7.60. The smallest absolute Gasteiger partial charge is 0.306 e. The Bertz CT molecular complexity index is 282. The second-order valence-electron chi connectivity index (χ2n) is 4.75. The molecule has 0 aromatic heterocycles. The van der Waals surface area contributed by atoms with E-state index in [0.29, 0.717) is 17.8 Å². The van der Waals surface area contributed by atoms with E-state index in [-0.39, 0.29) is 5.92 Å². The van der Waals surface area contributed by atoms with Gasteiger partial charge in [0.15, 0.2) is 0 Å². The Morgan fingerprint density at radius 1 is 1.31 bits per heavy atom. The van der Waals surface area contributed by atoms with Crippen LogP contribution in [0.25, 0.3) is 0 Å². The van der Waals surface area contributed by atoms with Crippen molar-refractivity contribution in [1.82, 2.24) is 0 Å². The Morgan fingerprint density at radius 2 is 2.15 bits per heavy atom. The SMILES string of the molecule is O=C(O)C1CC2CC1C1CC=CC21. The molecule has 0 spiro atoms. The standard InChI is InChI=1S/C11H14O2/c12-11(13)10-5-6-4-9(10)8-3-1-2-7(6)8/h1-2,6-10H,3-5H2,(H,12,13). The van der Waals surface area contributed by atoms with Gasteiger partial charge in [0, 0.05) is 0 Å². The first-order valence-corrected chi connectivity index (χ1v) is 5.17. The van der Waals surface area contributed by atoms with Gasteiger partial charge in [0.05, 0.1) is 5.92 Å². The Hall–Kier alpha value is -0.790. The number of allylic oxidation sites excluding steroid dienone is 2. The molecule has 3 aliphatic rings. The molecule has 0 amide bonds. The highest BCUT2D eigenvalue weighted by Gasteiger charge is 2.54. The van der Waals surface area contributed by atoms with E-state index in [1.54, 1.807) is 0 Å². The van der Waals surface area contributed by atoms with Gasteiger partial charge in [-0.25, -0.2) is 0 Å². The number of hydrogen-bond acceptors (Lipinski definition) is 1. The fraction of sp³-hybridized carbons (Fsp3) is 0.727. The fourth-order valence-electron chi connectivity index (χ4n) is 3.84. The van der Waals surface area contributed by atoms with E-state index in [1.807, 2.05) is 0 Å². The van der Waals surface area contributed by atoms with Crippen LogP contribution in [0.2, 0.25) is 0 Å². The molecule has 2 nitrogen and oxygen atoms in total. The molecule has 2 fully saturated rings. The third kappa shape index (κ3) is 0.862. The molecule has 5 atom stereocenters. The van der Waals surface area contributed by atoms with Crippen LogP contribution in [0, 0.1) is 29.6 Å². The summed E-state index contributed by atoms with van der Waals surface area (Å²) >= 11 is 0. The third-order valence-corrected chi connectivity index (χ3v) is 4.32. The Labute approximate surface area is 77.6 Å². The number of fused-ring (bicyclic) bond motifs is 5. The maximum absolute atomic E-state index is 11.0. The van der Waals surface area contributed by atoms with Crippen molar-refractivity contribution in [2.24, 2.45) is 29.6 Å². The number of carboxylic acid groups (broad SMARTS) is 1. The van der Waals surface area contributed by atoms with E-state index in [2.05, 4.69) is 12.2 Å². The van der Waals surface area contributed by atoms with Gasteiger partial charge in [-0.05, 0) is 42.9 Å². The highest BCUT2D eigenvalue weighted by Crippen LogP contribution is 2.58. The quantitative estimate of drug-likeness (QED) is 0.623. The van der Waals surface area contributed by atoms with E-state index in [0.717, 1.165) is 18.8 Å². The Morgan fingerprint density at radius 3 is 2.92 bits per heavy atom. The van der Waals surface area contributed by atoms with Crippen LogP contribution in [0.1, 0.15) is 19.3 Å². The van der Waals surface area contributed by atoms with Gasteiger partial charge >= 0.3 is 5.97 Å². The van der Waals surface area contributed by atoms with Crippen molar-refractivity contribution >= 4 is 5.97 Å². The second-order valence-corrected chi connectivity index (χ2v) is 4.75. The summed E-state index contributed by atoms with van der Waals surface area (Å²) in [6.07, 6.45) is 7.82. The maximum Gasteiger partial charge on any atom is 0.306 e. The highest BCUT2D eigenvalue weighted by molar-refractivity contribution is 5.71. The van der Waals surface area contributed by atoms with E-state index in [4.69, 9.17) is 5.11 Å². The van der Waals surface area contributed by atoms with E-state index < -0.39 is 5.97 Å². The summed E-state index contributed by atoms with van der Waals surface area (Å²) in [6.45, 7) is 0. The summed E-state index contributed by atoms with van der Waals surface area (Å²) in [5.74, 6) is 2.02. The maximum atomic E-state index is 11.0. The molecule has 2 bridgehead atoms. The number of carboxylic acids is 1. The number of hydrogen-bond donors (Lipinski definition) is 1. The van der Waals surface area contributed by atoms with Crippen molar-refractivity contribution in [2.45, 2.75) is 19.3 Å². The molecular formula is C11H14O2. The summed E-state index contributed by atoms with van der Waals surface area (Å²) in [5, 5.41) is 9.03. The molecule has 1 N–H and O–H groups in total. The predicted octanol–water partition coefficient (Wildman–Crippen LogP) is 1.92. The zero-order chi connectivity index (χ0) is 9.00. The van der Waals surface area contributed by atoms with Crippen LogP contribution in [0.5, 0.6) is 0 Å². The lowest BCUT2D eigenvalue weighted by molar-refractivity contribution is -0.144. The summed E-state index contributed by atoms with van der Waals surface area (Å²) in [4.78, 5) is 11.0. The minimum atomic E-state index is -0.558. The lowest BCUT2D eigenvalue weighted by atomic mass is 9.75. The molecule has 2 saturated carbocycles. The lowest BCUT2D eigenvalue weighted by Gasteiger charge is -2.28. The van der Waals surface area contributed by atoms with Gasteiger partial charge in [-0.2, -0.15) is 0 Å². The second kappa shape index (κ2) is 2.37. The molecule has 0 heterocycles. The van der Waals surface area contributed by atoms with Crippen LogP contribution in [0.3, 0.4) is 0 Å². The van der Waals surface area contributed by atoms with Gasteiger partial charge in [-0.3, -0.25) is 4.79 Å². The molecular weight excluding hydrogens is 164 g/mol. The largest absolute Gasteiger partial charge is 0.481 e. The van der Waals surface area contributed by atoms with Gasteiger partial charge in [-0.1, -0.05) is 12.2 Å². The van der Waals surface area contributed by atoms with E-state index in [9.17, 15) is 4.79 Å². The Balaban J connectivity index is 1.87. The normalized spacial score (nSPS) is 51.2. The zero-order valence-corrected chi connectivity index (χ0v) is 7.52. The monoisotopic (exact) mass is 178 g/mol. The average Bonchev–Trinajstić information content (AvgIpc) is 2.75. The number of rotatable bonds is 1. The molecule has 70 valence electrons. The molecule has 13 heavy (non-hydrogen) atoms. The van der Waals surface area contributed by atoms with Crippen LogP contribution in [0.4, 0.5) is 0 Å². The number of carbonyl (C=O) groups is 1. The van der Waals surface area contributed by atoms with Crippen LogP contribution >= 0.6 is 0 Å². The summed E-state index contributed by atoms with van der Waals surface area (Å²) in [6, 6.07) is 0. The van der Waals surface area contributed by atoms with Crippen LogP contribution < -0.4 is 0 Å². The molecule has 3 rings (SSSR count). The highest BCUT2D eigenvalue weighted by atomic mass is 16.4. The van der Waals surface area contributed by atoms with Gasteiger partial charge in [0.1, 0.15) is 0 Å². The summed E-state index contributed by atoms with van der Waals surface area (Å²) in [5.41, 5.74) is 0. The minimum Gasteiger partial charge on any atom is -0.481 e. The van der Waals surface area contributed by atoms with Gasteiger partial charge in [-0.15, -0.1) is 0 Å². The molecule has 0 radical (unpaired) electrons. The van der Waals surface area contributed by atoms with Crippen molar-refractivity contribution < 1.29 is 9.90 Å². The summed E-state index contributed by atoms with van der Waals surface area (Å²) in [7, 11) is 0. The first-order chi connectivity index (χ1) is 6.27. The van der Waals surface area contributed by atoms with Crippen molar-refractivity contribution in [2.75, 3.05) is 0 Å². The van der Waals surface area contributed by atoms with Gasteiger partial charge in [0.25, 0.3) is 0 Å². The molecule has 2 heteroatoms. The molecule has 0 aromatic rings. The van der Waals surface area contributed by atoms with Crippen molar-refractivity contribution in [3.63, 3.8) is 0 Å². The van der Waals surface area contributed by atoms with E-state index >= 15 is 0 Å². The topological polar surface area (TPSA) is 37.3 Å². The van der Waals surface area contributed by atoms with Crippen molar-refractivity contribution in [3.8, 4) is 0 Å². The number of aliphatic carboxylic acids is 1. The Kier molecular flexibility index (Phi) is 1.38. The summed E-state index contributed by atoms with van der Waals surface area (Å²) < 4.78 is 0. The lowest BCUT2D eigenvalue weighted by Crippen LogP contribution is -2.29. The van der Waals surface area contributed by atoms with Crippen molar-refractivity contribution in [3.05, 3.63) is 12.2 Å². The zero-order valence-electron chi connectivity index (χ0n) is 7.52. The van der Waals surface area contributed by atoms with Gasteiger partial charge < -0.3 is 5.11 Å². The molecule has 0 aromatic carbocycles. The average molecular weight is 178 g/mol. The third-order valence-electron chi connectivity index (χ3n) is 4.32. The van der Waals surface area contributed by atoms with Gasteiger partial charge in [0.2, 0.25) is 0 Å². The minimum absolute atomic E-state index is 0.0221. The predicted molar refractivity (Wildman–Crippen MR) is 48.1 cm³/mol. The first-order valence-electron chi connectivity index (χ1n) is 5.17. The van der Waals surface area contributed by atoms with E-state index in [1.165, 1.54) is 6.42 Å². The van der Waals surface area contributed by atoms with Crippen LogP contribution in [-0.4, -0.2) is 11.1 Å². The molecule has 5 unspecified atom stereocenters. The van der Waals surface area contributed by atoms with Crippen LogP contribution in [-0.2, 0) is 4.79 Å². The molecule has 0 aliphatic heterocycles.